The molecule has 106 valence electrons. The van der Waals surface area contributed by atoms with E-state index >= 15 is 0 Å². The van der Waals surface area contributed by atoms with Gasteiger partial charge in [-0.15, -0.1) is 0 Å². The molecule has 1 nitrogen and oxygen atoms in total. The Morgan fingerprint density at radius 1 is 0.900 bits per heavy atom. The Morgan fingerprint density at radius 2 is 1.60 bits per heavy atom. The summed E-state index contributed by atoms with van der Waals surface area (Å²) in [4.78, 5) is 0. The van der Waals surface area contributed by atoms with Gasteiger partial charge in [-0.3, -0.25) is 0 Å². The quantitative estimate of drug-likeness (QED) is 0.840. The average Bonchev–Trinajstić information content (AvgIpc) is 2.43. The molecular formula is C19H25N. The average molecular weight is 267 g/mol. The van der Waals surface area contributed by atoms with Crippen LogP contribution in [0.15, 0.2) is 42.5 Å². The Labute approximate surface area is 123 Å². The Bertz CT molecular complexity index is 554. The summed E-state index contributed by atoms with van der Waals surface area (Å²) in [6.45, 7) is 9.65. The Morgan fingerprint density at radius 3 is 2.20 bits per heavy atom. The second-order valence-corrected chi connectivity index (χ2v) is 5.64. The summed E-state index contributed by atoms with van der Waals surface area (Å²) in [5, 5.41) is 3.60. The molecule has 0 heterocycles. The maximum atomic E-state index is 3.60. The molecule has 20 heavy (non-hydrogen) atoms. The van der Waals surface area contributed by atoms with Crippen molar-refractivity contribution in [2.45, 2.75) is 40.2 Å². The van der Waals surface area contributed by atoms with Gasteiger partial charge in [0.05, 0.1) is 0 Å². The monoisotopic (exact) mass is 267 g/mol. The number of nitrogens with one attached hydrogen (secondary N) is 1. The zero-order valence-electron chi connectivity index (χ0n) is 13.0. The minimum Gasteiger partial charge on any atom is -0.310 e. The van der Waals surface area contributed by atoms with E-state index in [0.29, 0.717) is 6.04 Å². The topological polar surface area (TPSA) is 12.0 Å². The molecular weight excluding hydrogens is 242 g/mol. The van der Waals surface area contributed by atoms with E-state index in [2.05, 4.69) is 75.5 Å². The number of hydrogen-bond acceptors (Lipinski definition) is 1. The molecule has 2 rings (SSSR count). The largest absolute Gasteiger partial charge is 0.310 e. The van der Waals surface area contributed by atoms with Gasteiger partial charge in [0.2, 0.25) is 0 Å². The van der Waals surface area contributed by atoms with E-state index < -0.39 is 0 Å². The highest BCUT2D eigenvalue weighted by Crippen LogP contribution is 2.20. The fourth-order valence-corrected chi connectivity index (χ4v) is 2.52. The van der Waals surface area contributed by atoms with Gasteiger partial charge in [0, 0.05) is 6.04 Å². The Kier molecular flexibility index (Phi) is 4.97. The molecule has 1 atom stereocenters. The van der Waals surface area contributed by atoms with E-state index in [4.69, 9.17) is 0 Å². The van der Waals surface area contributed by atoms with Gasteiger partial charge in [-0.25, -0.2) is 0 Å². The zero-order valence-corrected chi connectivity index (χ0v) is 13.0. The van der Waals surface area contributed by atoms with Crippen LogP contribution in [0.2, 0.25) is 0 Å². The Balaban J connectivity index is 2.20. The molecule has 0 fully saturated rings. The zero-order chi connectivity index (χ0) is 14.5. The summed E-state index contributed by atoms with van der Waals surface area (Å²) in [6, 6.07) is 16.0. The highest BCUT2D eigenvalue weighted by atomic mass is 14.9. The smallest absolute Gasteiger partial charge is 0.0360 e. The number of likely N-dealkylation sites (N-methyl/N-ethyl adjacent to an activating group) is 1. The van der Waals surface area contributed by atoms with Gasteiger partial charge in [-0.1, -0.05) is 55.0 Å². The molecule has 0 aliphatic carbocycles. The summed E-state index contributed by atoms with van der Waals surface area (Å²) in [7, 11) is 0. The van der Waals surface area contributed by atoms with E-state index in [1.165, 1.54) is 27.8 Å². The fraction of sp³-hybridized carbons (Fsp3) is 0.368. The van der Waals surface area contributed by atoms with Crippen LogP contribution < -0.4 is 5.32 Å². The molecule has 1 N–H and O–H groups in total. The van der Waals surface area contributed by atoms with E-state index in [1.807, 2.05) is 0 Å². The molecule has 0 aromatic heterocycles. The number of hydrogen-bond donors (Lipinski definition) is 1. The first kappa shape index (κ1) is 14.8. The number of aryl methyl sites for hydroxylation is 3. The maximum absolute atomic E-state index is 3.60. The van der Waals surface area contributed by atoms with Crippen molar-refractivity contribution in [3.63, 3.8) is 0 Å². The predicted octanol–water partition coefficient (Wildman–Crippen LogP) is 4.51. The predicted molar refractivity (Wildman–Crippen MR) is 87.2 cm³/mol. The standard InChI is InChI=1S/C19H25N/c1-5-20-19(18-10-6-14(2)7-11-18)13-17-9-8-15(3)16(4)12-17/h6-12,19-20H,5,13H2,1-4H3. The third kappa shape index (κ3) is 3.71. The van der Waals surface area contributed by atoms with Crippen LogP contribution in [0, 0.1) is 20.8 Å². The van der Waals surface area contributed by atoms with Gasteiger partial charge in [0.25, 0.3) is 0 Å². The molecule has 0 aliphatic rings. The van der Waals surface area contributed by atoms with Crippen LogP contribution in [0.25, 0.3) is 0 Å². The first-order valence-corrected chi connectivity index (χ1v) is 7.46. The highest BCUT2D eigenvalue weighted by molar-refractivity contribution is 5.32. The van der Waals surface area contributed by atoms with Crippen molar-refractivity contribution in [2.24, 2.45) is 0 Å². The number of rotatable bonds is 5. The van der Waals surface area contributed by atoms with Crippen LogP contribution in [0.1, 0.15) is 40.8 Å². The lowest BCUT2D eigenvalue weighted by Crippen LogP contribution is -2.23. The van der Waals surface area contributed by atoms with Crippen molar-refractivity contribution in [1.29, 1.82) is 0 Å². The van der Waals surface area contributed by atoms with Crippen molar-refractivity contribution in [3.8, 4) is 0 Å². The van der Waals surface area contributed by atoms with Crippen LogP contribution in [0.5, 0.6) is 0 Å². The van der Waals surface area contributed by atoms with Crippen molar-refractivity contribution in [1.82, 2.24) is 5.32 Å². The maximum Gasteiger partial charge on any atom is 0.0360 e. The highest BCUT2D eigenvalue weighted by Gasteiger charge is 2.11. The van der Waals surface area contributed by atoms with Crippen LogP contribution in [-0.2, 0) is 6.42 Å². The minimum atomic E-state index is 0.391. The van der Waals surface area contributed by atoms with Crippen molar-refractivity contribution < 1.29 is 0 Å². The Hall–Kier alpha value is -1.60. The summed E-state index contributed by atoms with van der Waals surface area (Å²) in [5.41, 5.74) is 6.83. The number of benzene rings is 2. The molecule has 1 heteroatoms. The summed E-state index contributed by atoms with van der Waals surface area (Å²) in [5.74, 6) is 0. The first-order valence-electron chi connectivity index (χ1n) is 7.46. The van der Waals surface area contributed by atoms with Crippen LogP contribution >= 0.6 is 0 Å². The summed E-state index contributed by atoms with van der Waals surface area (Å²) < 4.78 is 0. The fourth-order valence-electron chi connectivity index (χ4n) is 2.52. The molecule has 2 aromatic carbocycles. The van der Waals surface area contributed by atoms with Crippen molar-refractivity contribution in [3.05, 3.63) is 70.3 Å². The SMILES string of the molecule is CCNC(Cc1ccc(C)c(C)c1)c1ccc(C)cc1. The molecule has 0 amide bonds. The summed E-state index contributed by atoms with van der Waals surface area (Å²) >= 11 is 0. The van der Waals surface area contributed by atoms with Gasteiger partial charge >= 0.3 is 0 Å². The third-order valence-corrected chi connectivity index (χ3v) is 3.94. The lowest BCUT2D eigenvalue weighted by atomic mass is 9.96. The first-order chi connectivity index (χ1) is 9.60. The van der Waals surface area contributed by atoms with Gasteiger partial charge in [-0.05, 0) is 56.0 Å². The van der Waals surface area contributed by atoms with Crippen LogP contribution in [0.3, 0.4) is 0 Å². The van der Waals surface area contributed by atoms with Gasteiger partial charge in [0.1, 0.15) is 0 Å². The van der Waals surface area contributed by atoms with Crippen molar-refractivity contribution in [2.75, 3.05) is 6.54 Å². The van der Waals surface area contributed by atoms with Crippen LogP contribution in [-0.4, -0.2) is 6.54 Å². The van der Waals surface area contributed by atoms with E-state index in [0.717, 1.165) is 13.0 Å². The summed E-state index contributed by atoms with van der Waals surface area (Å²) in [6.07, 6.45) is 1.04. The van der Waals surface area contributed by atoms with Gasteiger partial charge in [0.15, 0.2) is 0 Å². The van der Waals surface area contributed by atoms with Crippen molar-refractivity contribution >= 4 is 0 Å². The molecule has 1 unspecified atom stereocenters. The van der Waals surface area contributed by atoms with Gasteiger partial charge in [-0.2, -0.15) is 0 Å². The molecule has 0 saturated carbocycles. The van der Waals surface area contributed by atoms with Crippen LogP contribution in [0.4, 0.5) is 0 Å². The van der Waals surface area contributed by atoms with E-state index in [-0.39, 0.29) is 0 Å². The lowest BCUT2D eigenvalue weighted by Gasteiger charge is -2.19. The molecule has 0 saturated heterocycles. The molecule has 0 radical (unpaired) electrons. The molecule has 0 aliphatic heterocycles. The second-order valence-electron chi connectivity index (χ2n) is 5.64. The third-order valence-electron chi connectivity index (χ3n) is 3.94. The lowest BCUT2D eigenvalue weighted by molar-refractivity contribution is 0.549. The molecule has 2 aromatic rings. The van der Waals surface area contributed by atoms with E-state index in [1.54, 1.807) is 0 Å². The molecule has 0 bridgehead atoms. The minimum absolute atomic E-state index is 0.391. The molecule has 0 spiro atoms. The van der Waals surface area contributed by atoms with E-state index in [9.17, 15) is 0 Å². The normalized spacial score (nSPS) is 12.4. The second kappa shape index (κ2) is 6.71. The van der Waals surface area contributed by atoms with Gasteiger partial charge < -0.3 is 5.32 Å².